The molecule has 4 heteroatoms. The molecule has 1 N–H and O–H groups in total. The lowest BCUT2D eigenvalue weighted by Crippen LogP contribution is -2.25. The van der Waals surface area contributed by atoms with E-state index in [0.717, 1.165) is 50.7 Å². The van der Waals surface area contributed by atoms with Crippen LogP contribution in [0.1, 0.15) is 55.9 Å². The molecule has 1 aliphatic carbocycles. The van der Waals surface area contributed by atoms with E-state index in [2.05, 4.69) is 86.9 Å². The lowest BCUT2D eigenvalue weighted by Gasteiger charge is -2.24. The van der Waals surface area contributed by atoms with E-state index in [4.69, 9.17) is 4.74 Å². The molecular weight excluding hydrogens is 480 g/mol. The van der Waals surface area contributed by atoms with Gasteiger partial charge in [-0.05, 0) is 98.5 Å². The van der Waals surface area contributed by atoms with E-state index >= 15 is 0 Å². The molecule has 39 heavy (non-hydrogen) atoms. The van der Waals surface area contributed by atoms with E-state index < -0.39 is 0 Å². The van der Waals surface area contributed by atoms with Gasteiger partial charge in [0.15, 0.2) is 0 Å². The summed E-state index contributed by atoms with van der Waals surface area (Å²) in [5.41, 5.74) is 6.72. The first kappa shape index (κ1) is 31.8. The normalized spacial score (nSPS) is 12.0. The lowest BCUT2D eigenvalue weighted by molar-refractivity contribution is 0.299. The topological polar surface area (TPSA) is 35.9 Å². The van der Waals surface area contributed by atoms with Gasteiger partial charge >= 0.3 is 0 Å². The molecule has 0 fully saturated rings. The average molecular weight is 529 g/mol. The predicted octanol–water partition coefficient (Wildman–Crippen LogP) is 7.37. The number of nitrogens with zero attached hydrogens (tertiary/aromatic N) is 2. The van der Waals surface area contributed by atoms with Crippen LogP contribution < -0.4 is 9.64 Å². The molecule has 0 aromatic heterocycles. The molecule has 0 heterocycles. The van der Waals surface area contributed by atoms with Gasteiger partial charge in [-0.15, -0.1) is 12.8 Å². The number of hydrogen-bond donors (Lipinski definition) is 1. The third-order valence-electron chi connectivity index (χ3n) is 6.99. The highest BCUT2D eigenvalue weighted by molar-refractivity contribution is 5.51. The second kappa shape index (κ2) is 17.2. The zero-order chi connectivity index (χ0) is 28.6. The molecule has 0 amide bonds. The van der Waals surface area contributed by atoms with E-state index in [0.29, 0.717) is 5.75 Å². The van der Waals surface area contributed by atoms with Gasteiger partial charge in [-0.3, -0.25) is 0 Å². The molecule has 3 aromatic rings. The predicted molar refractivity (Wildman–Crippen MR) is 167 cm³/mol. The number of methoxy groups -OCH3 is 1. The SMILES string of the molecule is C#C.CCN(Cc1ccc(CCN(C)CC(C)C)cc1)c1cccc(OC)c1.Oc1ccc2c(c1)CCCC2. The Balaban J connectivity index is 0.000000338. The summed E-state index contributed by atoms with van der Waals surface area (Å²) in [4.78, 5) is 4.79. The largest absolute Gasteiger partial charge is 0.508 e. The van der Waals surface area contributed by atoms with Gasteiger partial charge in [-0.1, -0.05) is 50.2 Å². The first-order valence-corrected chi connectivity index (χ1v) is 14.2. The van der Waals surface area contributed by atoms with Gasteiger partial charge in [-0.25, -0.2) is 0 Å². The third-order valence-corrected chi connectivity index (χ3v) is 6.99. The Labute approximate surface area is 237 Å². The van der Waals surface area contributed by atoms with Crippen molar-refractivity contribution in [3.05, 3.63) is 89.0 Å². The number of hydrogen-bond acceptors (Lipinski definition) is 4. The van der Waals surface area contributed by atoms with Crippen molar-refractivity contribution in [3.63, 3.8) is 0 Å². The first-order valence-electron chi connectivity index (χ1n) is 14.2. The van der Waals surface area contributed by atoms with Crippen LogP contribution in [0.4, 0.5) is 5.69 Å². The van der Waals surface area contributed by atoms with Crippen LogP contribution >= 0.6 is 0 Å². The molecule has 0 saturated carbocycles. The smallest absolute Gasteiger partial charge is 0.120 e. The summed E-state index contributed by atoms with van der Waals surface area (Å²) in [6.07, 6.45) is 14.0. The number of rotatable bonds is 10. The minimum atomic E-state index is 0.408. The van der Waals surface area contributed by atoms with E-state index in [1.54, 1.807) is 13.2 Å². The van der Waals surface area contributed by atoms with E-state index in [1.165, 1.54) is 47.2 Å². The molecule has 0 atom stereocenters. The summed E-state index contributed by atoms with van der Waals surface area (Å²) in [5, 5.41) is 9.19. The van der Waals surface area contributed by atoms with Crippen LogP contribution in [0.25, 0.3) is 0 Å². The summed E-state index contributed by atoms with van der Waals surface area (Å²) in [7, 11) is 3.92. The molecule has 0 radical (unpaired) electrons. The van der Waals surface area contributed by atoms with E-state index in [-0.39, 0.29) is 0 Å². The molecule has 4 nitrogen and oxygen atoms in total. The number of ether oxygens (including phenoxy) is 1. The summed E-state index contributed by atoms with van der Waals surface area (Å²) in [5.74, 6) is 2.03. The van der Waals surface area contributed by atoms with Crippen molar-refractivity contribution in [2.45, 2.75) is 59.4 Å². The number of terminal acetylenes is 1. The fourth-order valence-electron chi connectivity index (χ4n) is 4.98. The number of aryl methyl sites for hydroxylation is 2. The maximum Gasteiger partial charge on any atom is 0.120 e. The average Bonchev–Trinajstić information content (AvgIpc) is 2.96. The number of phenolic OH excluding ortho intramolecular Hbond substituents is 1. The lowest BCUT2D eigenvalue weighted by atomic mass is 9.92. The molecular formula is C35H48N2O2. The monoisotopic (exact) mass is 528 g/mol. The van der Waals surface area contributed by atoms with Crippen LogP contribution in [-0.4, -0.2) is 43.8 Å². The molecule has 210 valence electrons. The van der Waals surface area contributed by atoms with Crippen LogP contribution in [-0.2, 0) is 25.8 Å². The highest BCUT2D eigenvalue weighted by Crippen LogP contribution is 2.24. The molecule has 4 rings (SSSR count). The highest BCUT2D eigenvalue weighted by Gasteiger charge is 2.09. The minimum absolute atomic E-state index is 0.408. The second-order valence-electron chi connectivity index (χ2n) is 10.6. The van der Waals surface area contributed by atoms with Crippen molar-refractivity contribution >= 4 is 5.69 Å². The number of benzene rings is 3. The Morgan fingerprint density at radius 3 is 2.21 bits per heavy atom. The fourth-order valence-corrected chi connectivity index (χ4v) is 4.98. The number of aromatic hydroxyl groups is 1. The summed E-state index contributed by atoms with van der Waals surface area (Å²) in [6, 6.07) is 23.1. The quantitative estimate of drug-likeness (QED) is 0.279. The van der Waals surface area contributed by atoms with Crippen molar-refractivity contribution in [1.82, 2.24) is 4.90 Å². The van der Waals surface area contributed by atoms with Crippen LogP contribution in [0.15, 0.2) is 66.7 Å². The molecule has 0 bridgehead atoms. The number of fused-ring (bicyclic) bond motifs is 1. The summed E-state index contributed by atoms with van der Waals surface area (Å²) in [6.45, 7) is 10.9. The van der Waals surface area contributed by atoms with Gasteiger partial charge in [0.2, 0.25) is 0 Å². The van der Waals surface area contributed by atoms with Gasteiger partial charge in [-0.2, -0.15) is 0 Å². The third kappa shape index (κ3) is 11.1. The number of anilines is 1. The highest BCUT2D eigenvalue weighted by atomic mass is 16.5. The first-order chi connectivity index (χ1) is 18.9. The molecule has 0 aliphatic heterocycles. The maximum atomic E-state index is 9.19. The minimum Gasteiger partial charge on any atom is -0.508 e. The van der Waals surface area contributed by atoms with Crippen molar-refractivity contribution in [1.29, 1.82) is 0 Å². The molecule has 0 saturated heterocycles. The van der Waals surface area contributed by atoms with Gasteiger partial charge in [0.05, 0.1) is 7.11 Å². The zero-order valence-corrected chi connectivity index (χ0v) is 24.7. The van der Waals surface area contributed by atoms with E-state index in [9.17, 15) is 5.11 Å². The molecule has 3 aromatic carbocycles. The van der Waals surface area contributed by atoms with Crippen molar-refractivity contribution in [2.24, 2.45) is 5.92 Å². The van der Waals surface area contributed by atoms with Crippen LogP contribution in [0.2, 0.25) is 0 Å². The van der Waals surface area contributed by atoms with Gasteiger partial charge < -0.3 is 19.6 Å². The molecule has 0 spiro atoms. The maximum absolute atomic E-state index is 9.19. The van der Waals surface area contributed by atoms with Gasteiger partial charge in [0, 0.05) is 37.9 Å². The second-order valence-corrected chi connectivity index (χ2v) is 10.6. The Morgan fingerprint density at radius 2 is 1.56 bits per heavy atom. The van der Waals surface area contributed by atoms with Crippen LogP contribution in [0.3, 0.4) is 0 Å². The molecule has 1 aliphatic rings. The van der Waals surface area contributed by atoms with Crippen LogP contribution in [0.5, 0.6) is 11.5 Å². The Hall–Kier alpha value is -3.42. The fraction of sp³-hybridized carbons (Fsp3) is 0.429. The van der Waals surface area contributed by atoms with E-state index in [1.807, 2.05) is 24.3 Å². The van der Waals surface area contributed by atoms with Crippen molar-refractivity contribution in [3.8, 4) is 24.3 Å². The Bertz CT molecular complexity index is 1120. The van der Waals surface area contributed by atoms with Gasteiger partial charge in [0.1, 0.15) is 11.5 Å². The standard InChI is InChI=1S/C23H34N2O.C10H12O.C2H2/c1-6-25(22-8-7-9-23(16-22)26-5)18-21-12-10-20(11-13-21)14-15-24(4)17-19(2)3;11-10-6-5-8-3-1-2-4-9(8)7-10;1-2/h7-13,16,19H,6,14-15,17-18H2,1-5H3;5-7,11H,1-4H2;1-2H. The van der Waals surface area contributed by atoms with Crippen molar-refractivity contribution in [2.75, 3.05) is 38.7 Å². The Kier molecular flexibility index (Phi) is 14.0. The number of phenols is 1. The van der Waals surface area contributed by atoms with Crippen molar-refractivity contribution < 1.29 is 9.84 Å². The molecule has 0 unspecified atom stereocenters. The Morgan fingerprint density at radius 1 is 0.897 bits per heavy atom. The zero-order valence-electron chi connectivity index (χ0n) is 24.7. The number of likely N-dealkylation sites (N-methyl/N-ethyl adjacent to an activating group) is 1. The van der Waals surface area contributed by atoms with Crippen LogP contribution in [0, 0.1) is 18.8 Å². The summed E-state index contributed by atoms with van der Waals surface area (Å²) < 4.78 is 5.35. The van der Waals surface area contributed by atoms with Gasteiger partial charge in [0.25, 0.3) is 0 Å². The summed E-state index contributed by atoms with van der Waals surface area (Å²) >= 11 is 0.